The van der Waals surface area contributed by atoms with Gasteiger partial charge in [-0.05, 0) is 19.9 Å². The molecule has 0 aromatic carbocycles. The van der Waals surface area contributed by atoms with Gasteiger partial charge in [0.1, 0.15) is 5.15 Å². The van der Waals surface area contributed by atoms with Crippen molar-refractivity contribution >= 4 is 40.9 Å². The van der Waals surface area contributed by atoms with E-state index in [1.54, 1.807) is 13.8 Å². The maximum absolute atomic E-state index is 12.3. The Kier molecular flexibility index (Phi) is 6.58. The van der Waals surface area contributed by atoms with E-state index in [9.17, 15) is 14.4 Å². The van der Waals surface area contributed by atoms with Crippen molar-refractivity contribution in [1.82, 2.24) is 4.98 Å². The molecule has 0 aliphatic heterocycles. The molecule has 0 unspecified atom stereocenters. The number of ether oxygens (including phenoxy) is 2. The molecule has 1 aromatic heterocycles. The first kappa shape index (κ1) is 17.4. The van der Waals surface area contributed by atoms with Gasteiger partial charge in [-0.1, -0.05) is 23.2 Å². The average Bonchev–Trinajstić information content (AvgIpc) is 2.42. The van der Waals surface area contributed by atoms with Crippen LogP contribution in [-0.4, -0.2) is 35.9 Å². The molecule has 21 heavy (non-hydrogen) atoms. The predicted molar refractivity (Wildman–Crippen MR) is 75.3 cm³/mol. The largest absolute Gasteiger partial charge is 0.465 e. The molecule has 0 bridgehead atoms. The lowest BCUT2D eigenvalue weighted by Crippen LogP contribution is -2.35. The summed E-state index contributed by atoms with van der Waals surface area (Å²) >= 11 is 11.4. The second-order valence-corrected chi connectivity index (χ2v) is 4.56. The Bertz CT molecular complexity index is 543. The molecule has 1 heterocycles. The second-order valence-electron chi connectivity index (χ2n) is 3.80. The summed E-state index contributed by atoms with van der Waals surface area (Å²) in [7, 11) is 0. The molecule has 0 saturated carbocycles. The molecule has 0 saturated heterocycles. The van der Waals surface area contributed by atoms with Crippen LogP contribution in [0.5, 0.6) is 0 Å². The van der Waals surface area contributed by atoms with Crippen molar-refractivity contribution in [2.75, 3.05) is 13.2 Å². The molecule has 8 heteroatoms. The van der Waals surface area contributed by atoms with Gasteiger partial charge in [-0.25, -0.2) is 4.98 Å². The third-order valence-electron chi connectivity index (χ3n) is 2.39. The zero-order valence-corrected chi connectivity index (χ0v) is 12.9. The van der Waals surface area contributed by atoms with Gasteiger partial charge in [0.2, 0.25) is 5.92 Å². The van der Waals surface area contributed by atoms with Gasteiger partial charge in [-0.2, -0.15) is 0 Å². The third-order valence-corrected chi connectivity index (χ3v) is 3.07. The minimum absolute atomic E-state index is 0.0111. The van der Waals surface area contributed by atoms with Crippen LogP contribution in [0.3, 0.4) is 0 Å². The minimum Gasteiger partial charge on any atom is -0.465 e. The number of esters is 2. The minimum atomic E-state index is -1.70. The van der Waals surface area contributed by atoms with Gasteiger partial charge in [-0.3, -0.25) is 14.4 Å². The number of pyridine rings is 1. The lowest BCUT2D eigenvalue weighted by atomic mass is 9.99. The fraction of sp³-hybridized carbons (Fsp3) is 0.385. The summed E-state index contributed by atoms with van der Waals surface area (Å²) in [5, 5.41) is 0.0472. The van der Waals surface area contributed by atoms with E-state index in [0.29, 0.717) is 0 Å². The summed E-state index contributed by atoms with van der Waals surface area (Å²) in [5.74, 6) is -4.47. The molecule has 1 aromatic rings. The number of halogens is 2. The fourth-order valence-corrected chi connectivity index (χ4v) is 1.75. The zero-order valence-electron chi connectivity index (χ0n) is 11.4. The Morgan fingerprint density at radius 1 is 1.14 bits per heavy atom. The van der Waals surface area contributed by atoms with Crippen LogP contribution in [-0.2, 0) is 19.1 Å². The summed E-state index contributed by atoms with van der Waals surface area (Å²) < 4.78 is 9.46. The molecular weight excluding hydrogens is 321 g/mol. The molecule has 0 radical (unpaired) electrons. The van der Waals surface area contributed by atoms with Crippen molar-refractivity contribution in [3.63, 3.8) is 0 Å². The number of aromatic nitrogens is 1. The fourth-order valence-electron chi connectivity index (χ4n) is 1.48. The highest BCUT2D eigenvalue weighted by Gasteiger charge is 2.37. The Hall–Kier alpha value is -1.66. The summed E-state index contributed by atoms with van der Waals surface area (Å²) in [4.78, 5) is 39.6. The molecule has 0 N–H and O–H groups in total. The van der Waals surface area contributed by atoms with Crippen LogP contribution in [0, 0.1) is 5.92 Å². The monoisotopic (exact) mass is 333 g/mol. The quantitative estimate of drug-likeness (QED) is 0.344. The molecule has 1 rings (SSSR count). The first-order chi connectivity index (χ1) is 9.92. The zero-order chi connectivity index (χ0) is 16.0. The Balaban J connectivity index is 3.11. The van der Waals surface area contributed by atoms with E-state index < -0.39 is 23.6 Å². The average molecular weight is 334 g/mol. The van der Waals surface area contributed by atoms with E-state index in [1.165, 1.54) is 6.07 Å². The molecule has 0 aliphatic rings. The van der Waals surface area contributed by atoms with Gasteiger partial charge in [0.05, 0.1) is 18.2 Å². The van der Waals surface area contributed by atoms with Crippen molar-refractivity contribution in [2.24, 2.45) is 5.92 Å². The van der Waals surface area contributed by atoms with Crippen LogP contribution in [0.4, 0.5) is 0 Å². The van der Waals surface area contributed by atoms with Crippen LogP contribution in [0.25, 0.3) is 0 Å². The number of carbonyl (C=O) groups excluding carboxylic acids is 3. The van der Waals surface area contributed by atoms with Crippen molar-refractivity contribution in [3.05, 3.63) is 28.0 Å². The number of rotatable bonds is 6. The number of carbonyl (C=O) groups is 3. The Morgan fingerprint density at radius 2 is 1.67 bits per heavy atom. The van der Waals surface area contributed by atoms with Gasteiger partial charge >= 0.3 is 11.9 Å². The number of hydrogen-bond donors (Lipinski definition) is 0. The molecule has 0 amide bonds. The van der Waals surface area contributed by atoms with E-state index in [4.69, 9.17) is 32.7 Å². The van der Waals surface area contributed by atoms with Crippen molar-refractivity contribution in [3.8, 4) is 0 Å². The van der Waals surface area contributed by atoms with E-state index in [2.05, 4.69) is 4.98 Å². The summed E-state index contributed by atoms with van der Waals surface area (Å²) in [6.07, 6.45) is 1.13. The second kappa shape index (κ2) is 7.95. The Morgan fingerprint density at radius 3 is 2.10 bits per heavy atom. The molecule has 114 valence electrons. The normalized spacial score (nSPS) is 10.3. The molecule has 0 atom stereocenters. The number of ketones is 1. The van der Waals surface area contributed by atoms with Gasteiger partial charge in [-0.15, -0.1) is 0 Å². The summed E-state index contributed by atoms with van der Waals surface area (Å²) in [5.41, 5.74) is -0.0319. The third kappa shape index (κ3) is 4.41. The number of Topliss-reactive ketones (excluding diaryl/α,β-unsaturated/α-hetero) is 1. The summed E-state index contributed by atoms with van der Waals surface area (Å²) in [6, 6.07) is 1.23. The van der Waals surface area contributed by atoms with Gasteiger partial charge in [0.15, 0.2) is 5.78 Å². The number of hydrogen-bond acceptors (Lipinski definition) is 6. The van der Waals surface area contributed by atoms with E-state index in [0.717, 1.165) is 6.20 Å². The smallest absolute Gasteiger partial charge is 0.328 e. The van der Waals surface area contributed by atoms with Crippen molar-refractivity contribution in [2.45, 2.75) is 13.8 Å². The van der Waals surface area contributed by atoms with E-state index >= 15 is 0 Å². The maximum atomic E-state index is 12.3. The number of nitrogens with zero attached hydrogens (tertiary/aromatic N) is 1. The van der Waals surface area contributed by atoms with Gasteiger partial charge < -0.3 is 9.47 Å². The lowest BCUT2D eigenvalue weighted by molar-refractivity contribution is -0.158. The topological polar surface area (TPSA) is 82.6 Å². The van der Waals surface area contributed by atoms with Crippen LogP contribution in [0.2, 0.25) is 10.2 Å². The van der Waals surface area contributed by atoms with E-state index in [-0.39, 0.29) is 29.0 Å². The van der Waals surface area contributed by atoms with E-state index in [1.807, 2.05) is 0 Å². The van der Waals surface area contributed by atoms with Crippen molar-refractivity contribution in [1.29, 1.82) is 0 Å². The lowest BCUT2D eigenvalue weighted by Gasteiger charge is -2.13. The predicted octanol–water partition coefficient (Wildman–Crippen LogP) is 2.31. The Labute approximate surface area is 131 Å². The first-order valence-corrected chi connectivity index (χ1v) is 6.86. The highest BCUT2D eigenvalue weighted by Crippen LogP contribution is 2.22. The highest BCUT2D eigenvalue weighted by molar-refractivity contribution is 6.41. The van der Waals surface area contributed by atoms with Gasteiger partial charge in [0.25, 0.3) is 0 Å². The first-order valence-electron chi connectivity index (χ1n) is 6.10. The highest BCUT2D eigenvalue weighted by atomic mass is 35.5. The standard InChI is InChI=1S/C13H13Cl2NO5/c1-3-20-12(18)9(13(19)21-4-2)10(17)7-5-8(14)11(15)16-6-7/h5-6,9H,3-4H2,1-2H3. The van der Waals surface area contributed by atoms with Crippen LogP contribution < -0.4 is 0 Å². The van der Waals surface area contributed by atoms with Gasteiger partial charge in [0, 0.05) is 11.8 Å². The SMILES string of the molecule is CCOC(=O)C(C(=O)OCC)C(=O)c1cnc(Cl)c(Cl)c1. The molecule has 0 aliphatic carbocycles. The molecule has 0 spiro atoms. The summed E-state index contributed by atoms with van der Waals surface area (Å²) in [6.45, 7) is 3.18. The van der Waals surface area contributed by atoms with Crippen LogP contribution >= 0.6 is 23.2 Å². The van der Waals surface area contributed by atoms with Crippen molar-refractivity contribution < 1.29 is 23.9 Å². The molecule has 0 fully saturated rings. The van der Waals surface area contributed by atoms with Crippen LogP contribution in [0.15, 0.2) is 12.3 Å². The van der Waals surface area contributed by atoms with Crippen LogP contribution in [0.1, 0.15) is 24.2 Å². The molecule has 6 nitrogen and oxygen atoms in total. The molecular formula is C13H13Cl2NO5. The maximum Gasteiger partial charge on any atom is 0.328 e.